The molecule has 1 unspecified atom stereocenters. The van der Waals surface area contributed by atoms with E-state index in [4.69, 9.17) is 5.73 Å². The van der Waals surface area contributed by atoms with Crippen LogP contribution in [0.1, 0.15) is 51.9 Å². The number of carbonyl (C=O) groups is 1. The molecule has 4 aliphatic rings. The third-order valence-electron chi connectivity index (χ3n) is 5.75. The summed E-state index contributed by atoms with van der Waals surface area (Å²) in [6, 6.07) is 0. The third kappa shape index (κ3) is 2.81. The average molecular weight is 264 g/mol. The van der Waals surface area contributed by atoms with Crippen molar-refractivity contribution < 1.29 is 4.79 Å². The fraction of sp³-hybridized carbons (Fsp3) is 0.938. The molecule has 1 amide bonds. The Hall–Kier alpha value is -0.570. The smallest absolute Gasteiger partial charge is 0.220 e. The largest absolute Gasteiger partial charge is 0.356 e. The summed E-state index contributed by atoms with van der Waals surface area (Å²) in [7, 11) is 0. The van der Waals surface area contributed by atoms with E-state index in [0.29, 0.717) is 17.9 Å². The van der Waals surface area contributed by atoms with Gasteiger partial charge in [0, 0.05) is 13.0 Å². The van der Waals surface area contributed by atoms with Crippen molar-refractivity contribution in [2.24, 2.45) is 34.8 Å². The summed E-state index contributed by atoms with van der Waals surface area (Å²) in [4.78, 5) is 12.2. The standard InChI is InChI=1S/C16H28N2O/c1-11(9-17)10-18-15(19)8-16-5-12-2-13(6-16)4-14(3-12)7-16/h11-14H,2-10,17H2,1H3,(H,18,19). The summed E-state index contributed by atoms with van der Waals surface area (Å²) in [6.45, 7) is 3.48. The lowest BCUT2D eigenvalue weighted by Gasteiger charge is -2.56. The zero-order chi connectivity index (χ0) is 13.5. The molecule has 4 saturated carbocycles. The average Bonchev–Trinajstić information content (AvgIpc) is 2.33. The van der Waals surface area contributed by atoms with Crippen molar-refractivity contribution in [2.45, 2.75) is 51.9 Å². The molecule has 0 aromatic carbocycles. The van der Waals surface area contributed by atoms with Gasteiger partial charge in [0.25, 0.3) is 0 Å². The Morgan fingerprint density at radius 2 is 1.74 bits per heavy atom. The Morgan fingerprint density at radius 3 is 2.21 bits per heavy atom. The van der Waals surface area contributed by atoms with E-state index in [1.54, 1.807) is 0 Å². The van der Waals surface area contributed by atoms with Gasteiger partial charge in [0.2, 0.25) is 5.91 Å². The van der Waals surface area contributed by atoms with Crippen molar-refractivity contribution in [3.05, 3.63) is 0 Å². The van der Waals surface area contributed by atoms with Crippen molar-refractivity contribution in [1.29, 1.82) is 0 Å². The summed E-state index contributed by atoms with van der Waals surface area (Å²) in [6.07, 6.45) is 9.08. The first kappa shape index (κ1) is 13.4. The number of nitrogens with one attached hydrogen (secondary N) is 1. The van der Waals surface area contributed by atoms with E-state index in [2.05, 4.69) is 12.2 Å². The number of hydrogen-bond acceptors (Lipinski definition) is 2. The minimum atomic E-state index is 0.266. The molecule has 108 valence electrons. The lowest BCUT2D eigenvalue weighted by atomic mass is 9.49. The Bertz CT molecular complexity index is 317. The molecule has 0 spiro atoms. The van der Waals surface area contributed by atoms with Crippen molar-refractivity contribution in [2.75, 3.05) is 13.1 Å². The van der Waals surface area contributed by atoms with E-state index in [1.807, 2.05) is 0 Å². The Labute approximate surface area is 116 Å². The SMILES string of the molecule is CC(CN)CNC(=O)CC12CC3CC(CC(C3)C1)C2. The van der Waals surface area contributed by atoms with Crippen LogP contribution in [0.2, 0.25) is 0 Å². The molecule has 0 radical (unpaired) electrons. The van der Waals surface area contributed by atoms with Crippen LogP contribution in [-0.2, 0) is 4.79 Å². The number of amides is 1. The number of hydrogen-bond donors (Lipinski definition) is 2. The maximum Gasteiger partial charge on any atom is 0.220 e. The first-order chi connectivity index (χ1) is 9.08. The second-order valence-corrected chi connectivity index (χ2v) is 7.74. The zero-order valence-corrected chi connectivity index (χ0v) is 12.2. The minimum Gasteiger partial charge on any atom is -0.356 e. The van der Waals surface area contributed by atoms with Crippen molar-refractivity contribution >= 4 is 5.91 Å². The molecule has 4 bridgehead atoms. The monoisotopic (exact) mass is 264 g/mol. The van der Waals surface area contributed by atoms with E-state index in [0.717, 1.165) is 30.7 Å². The van der Waals surface area contributed by atoms with Gasteiger partial charge >= 0.3 is 0 Å². The van der Waals surface area contributed by atoms with Gasteiger partial charge in [0.15, 0.2) is 0 Å². The van der Waals surface area contributed by atoms with E-state index < -0.39 is 0 Å². The maximum atomic E-state index is 12.2. The topological polar surface area (TPSA) is 55.1 Å². The molecule has 3 N–H and O–H groups in total. The second-order valence-electron chi connectivity index (χ2n) is 7.74. The van der Waals surface area contributed by atoms with Gasteiger partial charge < -0.3 is 11.1 Å². The summed E-state index contributed by atoms with van der Waals surface area (Å²) >= 11 is 0. The summed E-state index contributed by atoms with van der Waals surface area (Å²) in [5.41, 5.74) is 5.96. The summed E-state index contributed by atoms with van der Waals surface area (Å²) in [5, 5.41) is 3.09. The van der Waals surface area contributed by atoms with Crippen molar-refractivity contribution in [3.8, 4) is 0 Å². The Morgan fingerprint density at radius 1 is 1.21 bits per heavy atom. The van der Waals surface area contributed by atoms with Gasteiger partial charge in [-0.1, -0.05) is 6.92 Å². The van der Waals surface area contributed by atoms with Crippen LogP contribution in [0.25, 0.3) is 0 Å². The predicted octanol–water partition coefficient (Wildman–Crippen LogP) is 2.30. The number of rotatable bonds is 5. The molecule has 0 heterocycles. The van der Waals surface area contributed by atoms with Crippen molar-refractivity contribution in [1.82, 2.24) is 5.32 Å². The van der Waals surface area contributed by atoms with Gasteiger partial charge in [0.1, 0.15) is 0 Å². The molecule has 3 heteroatoms. The lowest BCUT2D eigenvalue weighted by Crippen LogP contribution is -2.48. The van der Waals surface area contributed by atoms with Crippen LogP contribution in [0, 0.1) is 29.1 Å². The molecule has 4 rings (SSSR count). The molecule has 0 aromatic heterocycles. The van der Waals surface area contributed by atoms with Crippen LogP contribution in [0.3, 0.4) is 0 Å². The highest BCUT2D eigenvalue weighted by Gasteiger charge is 2.51. The normalized spacial score (nSPS) is 41.3. The summed E-state index contributed by atoms with van der Waals surface area (Å²) in [5.74, 6) is 3.45. The van der Waals surface area contributed by atoms with Gasteiger partial charge in [-0.25, -0.2) is 0 Å². The highest BCUT2D eigenvalue weighted by atomic mass is 16.1. The lowest BCUT2D eigenvalue weighted by molar-refractivity contribution is -0.129. The Kier molecular flexibility index (Phi) is 3.59. The van der Waals surface area contributed by atoms with Crippen LogP contribution < -0.4 is 11.1 Å². The second kappa shape index (κ2) is 5.08. The van der Waals surface area contributed by atoms with E-state index in [-0.39, 0.29) is 5.91 Å². The quantitative estimate of drug-likeness (QED) is 0.800. The van der Waals surface area contributed by atoms with Gasteiger partial charge in [-0.05, 0) is 74.2 Å². The molecule has 19 heavy (non-hydrogen) atoms. The number of nitrogens with two attached hydrogens (primary N) is 1. The third-order valence-corrected chi connectivity index (χ3v) is 5.75. The van der Waals surface area contributed by atoms with Crippen LogP contribution in [0.15, 0.2) is 0 Å². The van der Waals surface area contributed by atoms with Crippen LogP contribution in [-0.4, -0.2) is 19.0 Å². The van der Waals surface area contributed by atoms with E-state index in [9.17, 15) is 4.79 Å². The zero-order valence-electron chi connectivity index (χ0n) is 12.2. The van der Waals surface area contributed by atoms with E-state index >= 15 is 0 Å². The highest BCUT2D eigenvalue weighted by molar-refractivity contribution is 5.76. The Balaban J connectivity index is 1.56. The van der Waals surface area contributed by atoms with Gasteiger partial charge in [0.05, 0.1) is 0 Å². The molecular weight excluding hydrogens is 236 g/mol. The molecule has 4 fully saturated rings. The van der Waals surface area contributed by atoms with Gasteiger partial charge in [-0.3, -0.25) is 4.79 Å². The molecular formula is C16H28N2O. The molecule has 0 aromatic rings. The fourth-order valence-corrected chi connectivity index (χ4v) is 5.28. The number of carbonyl (C=O) groups excluding carboxylic acids is 1. The maximum absolute atomic E-state index is 12.2. The molecule has 0 aliphatic heterocycles. The predicted molar refractivity (Wildman–Crippen MR) is 76.5 cm³/mol. The fourth-order valence-electron chi connectivity index (χ4n) is 5.28. The molecule has 4 aliphatic carbocycles. The van der Waals surface area contributed by atoms with E-state index in [1.165, 1.54) is 38.5 Å². The first-order valence-electron chi connectivity index (χ1n) is 8.05. The van der Waals surface area contributed by atoms with Crippen LogP contribution in [0.5, 0.6) is 0 Å². The summed E-state index contributed by atoms with van der Waals surface area (Å²) < 4.78 is 0. The van der Waals surface area contributed by atoms with Crippen LogP contribution in [0.4, 0.5) is 0 Å². The molecule has 0 saturated heterocycles. The van der Waals surface area contributed by atoms with Gasteiger partial charge in [-0.2, -0.15) is 0 Å². The molecule has 3 nitrogen and oxygen atoms in total. The van der Waals surface area contributed by atoms with Crippen molar-refractivity contribution in [3.63, 3.8) is 0 Å². The molecule has 1 atom stereocenters. The van der Waals surface area contributed by atoms with Gasteiger partial charge in [-0.15, -0.1) is 0 Å². The highest BCUT2D eigenvalue weighted by Crippen LogP contribution is 2.61. The minimum absolute atomic E-state index is 0.266. The first-order valence-corrected chi connectivity index (χ1v) is 8.05. The van der Waals surface area contributed by atoms with Crippen LogP contribution >= 0.6 is 0 Å².